The molecular formula is C10H9NO. The van der Waals surface area contributed by atoms with Crippen molar-refractivity contribution in [3.05, 3.63) is 41.7 Å². The number of aliphatic hydroxyl groups excluding tert-OH is 1. The van der Waals surface area contributed by atoms with Gasteiger partial charge in [0.1, 0.15) is 0 Å². The SMILES string of the molecule is N#CCc1ccccc1C=CO. The largest absolute Gasteiger partial charge is 0.516 e. The van der Waals surface area contributed by atoms with Crippen LogP contribution in [0.5, 0.6) is 0 Å². The lowest BCUT2D eigenvalue weighted by Crippen LogP contribution is -1.85. The number of benzene rings is 1. The van der Waals surface area contributed by atoms with Crippen LogP contribution in [0.3, 0.4) is 0 Å². The highest BCUT2D eigenvalue weighted by atomic mass is 16.2. The first kappa shape index (κ1) is 8.35. The van der Waals surface area contributed by atoms with Crippen LogP contribution in [-0.2, 0) is 6.42 Å². The van der Waals surface area contributed by atoms with Gasteiger partial charge in [-0.05, 0) is 17.2 Å². The van der Waals surface area contributed by atoms with E-state index in [1.807, 2.05) is 24.3 Å². The van der Waals surface area contributed by atoms with Crippen LogP contribution in [0.4, 0.5) is 0 Å². The lowest BCUT2D eigenvalue weighted by atomic mass is 10.1. The normalized spacial score (nSPS) is 9.92. The first-order valence-corrected chi connectivity index (χ1v) is 3.64. The van der Waals surface area contributed by atoms with Gasteiger partial charge in [0, 0.05) is 0 Å². The smallest absolute Gasteiger partial charge is 0.0797 e. The second-order valence-corrected chi connectivity index (χ2v) is 2.35. The van der Waals surface area contributed by atoms with Gasteiger partial charge in [0.15, 0.2) is 0 Å². The topological polar surface area (TPSA) is 44.0 Å². The lowest BCUT2D eigenvalue weighted by Gasteiger charge is -1.98. The van der Waals surface area contributed by atoms with E-state index in [-0.39, 0.29) is 0 Å². The van der Waals surface area contributed by atoms with E-state index in [4.69, 9.17) is 10.4 Å². The molecule has 0 unspecified atom stereocenters. The molecule has 0 saturated carbocycles. The predicted molar refractivity (Wildman–Crippen MR) is 47.4 cm³/mol. The zero-order chi connectivity index (χ0) is 8.81. The summed E-state index contributed by atoms with van der Waals surface area (Å²) in [5.41, 5.74) is 1.83. The van der Waals surface area contributed by atoms with Crippen molar-refractivity contribution in [1.29, 1.82) is 5.26 Å². The zero-order valence-corrected chi connectivity index (χ0v) is 6.57. The number of aliphatic hydroxyl groups is 1. The van der Waals surface area contributed by atoms with E-state index in [0.29, 0.717) is 6.42 Å². The summed E-state index contributed by atoms with van der Waals surface area (Å²) in [5, 5.41) is 17.0. The molecule has 0 saturated heterocycles. The Balaban J connectivity index is 3.01. The summed E-state index contributed by atoms with van der Waals surface area (Å²) in [5.74, 6) is 0. The van der Waals surface area contributed by atoms with Crippen molar-refractivity contribution < 1.29 is 5.11 Å². The van der Waals surface area contributed by atoms with Crippen molar-refractivity contribution >= 4 is 6.08 Å². The Kier molecular flexibility index (Phi) is 2.92. The van der Waals surface area contributed by atoms with E-state index in [9.17, 15) is 0 Å². The maximum Gasteiger partial charge on any atom is 0.0797 e. The third-order valence-corrected chi connectivity index (χ3v) is 1.58. The van der Waals surface area contributed by atoms with Crippen molar-refractivity contribution in [1.82, 2.24) is 0 Å². The zero-order valence-electron chi connectivity index (χ0n) is 6.57. The fraction of sp³-hybridized carbons (Fsp3) is 0.100. The van der Waals surface area contributed by atoms with Crippen molar-refractivity contribution in [3.63, 3.8) is 0 Å². The van der Waals surface area contributed by atoms with Crippen LogP contribution in [0.25, 0.3) is 6.08 Å². The van der Waals surface area contributed by atoms with E-state index in [1.165, 1.54) is 0 Å². The Morgan fingerprint density at radius 2 is 2.17 bits per heavy atom. The van der Waals surface area contributed by atoms with Crippen LogP contribution < -0.4 is 0 Å². The molecule has 1 N–H and O–H groups in total. The third kappa shape index (κ3) is 1.86. The van der Waals surface area contributed by atoms with Crippen LogP contribution in [0, 0.1) is 11.3 Å². The predicted octanol–water partition coefficient (Wildman–Crippen LogP) is 2.28. The van der Waals surface area contributed by atoms with Crippen LogP contribution >= 0.6 is 0 Å². The maximum absolute atomic E-state index is 8.55. The Morgan fingerprint density at radius 1 is 1.42 bits per heavy atom. The fourth-order valence-corrected chi connectivity index (χ4v) is 1.02. The molecule has 0 fully saturated rings. The average Bonchev–Trinajstić information content (AvgIpc) is 2.09. The lowest BCUT2D eigenvalue weighted by molar-refractivity contribution is 0.478. The highest BCUT2D eigenvalue weighted by molar-refractivity contribution is 5.53. The molecule has 0 heterocycles. The van der Waals surface area contributed by atoms with Crippen molar-refractivity contribution in [3.8, 4) is 6.07 Å². The minimum Gasteiger partial charge on any atom is -0.516 e. The molecule has 60 valence electrons. The molecule has 0 atom stereocenters. The van der Waals surface area contributed by atoms with Gasteiger partial charge in [-0.2, -0.15) is 5.26 Å². The molecule has 0 spiro atoms. The van der Waals surface area contributed by atoms with Gasteiger partial charge in [0.25, 0.3) is 0 Å². The second kappa shape index (κ2) is 4.20. The van der Waals surface area contributed by atoms with Gasteiger partial charge in [-0.25, -0.2) is 0 Å². The molecule has 0 aliphatic rings. The van der Waals surface area contributed by atoms with E-state index in [1.54, 1.807) is 6.08 Å². The molecule has 1 aromatic carbocycles. The Morgan fingerprint density at radius 3 is 2.83 bits per heavy atom. The van der Waals surface area contributed by atoms with E-state index in [2.05, 4.69) is 6.07 Å². The van der Waals surface area contributed by atoms with Gasteiger partial charge in [-0.1, -0.05) is 24.3 Å². The fourth-order valence-electron chi connectivity index (χ4n) is 1.02. The molecule has 1 aromatic rings. The summed E-state index contributed by atoms with van der Waals surface area (Å²) in [6.45, 7) is 0. The Bertz CT molecular complexity index is 323. The molecule has 2 heteroatoms. The van der Waals surface area contributed by atoms with Gasteiger partial charge in [-0.15, -0.1) is 0 Å². The summed E-state index contributed by atoms with van der Waals surface area (Å²) in [7, 11) is 0. The second-order valence-electron chi connectivity index (χ2n) is 2.35. The molecule has 0 aliphatic heterocycles. The molecular weight excluding hydrogens is 150 g/mol. The molecule has 2 nitrogen and oxygen atoms in total. The molecule has 12 heavy (non-hydrogen) atoms. The minimum absolute atomic E-state index is 0.376. The minimum atomic E-state index is 0.376. The first-order chi connectivity index (χ1) is 5.88. The van der Waals surface area contributed by atoms with Crippen LogP contribution in [0.15, 0.2) is 30.5 Å². The standard InChI is InChI=1S/C10H9NO/c11-7-5-9-3-1-2-4-10(9)6-8-12/h1-4,6,8,12H,5H2. The van der Waals surface area contributed by atoms with Gasteiger partial charge in [0.05, 0.1) is 18.8 Å². The Labute approximate surface area is 71.4 Å². The quantitative estimate of drug-likeness (QED) is 0.673. The van der Waals surface area contributed by atoms with Gasteiger partial charge in [-0.3, -0.25) is 0 Å². The van der Waals surface area contributed by atoms with E-state index in [0.717, 1.165) is 17.4 Å². The van der Waals surface area contributed by atoms with Crippen LogP contribution in [-0.4, -0.2) is 5.11 Å². The van der Waals surface area contributed by atoms with Gasteiger partial charge >= 0.3 is 0 Å². The van der Waals surface area contributed by atoms with Crippen molar-refractivity contribution in [2.75, 3.05) is 0 Å². The van der Waals surface area contributed by atoms with E-state index < -0.39 is 0 Å². The summed E-state index contributed by atoms with van der Waals surface area (Å²) >= 11 is 0. The van der Waals surface area contributed by atoms with Crippen LogP contribution in [0.1, 0.15) is 11.1 Å². The molecule has 1 rings (SSSR count). The highest BCUT2D eigenvalue weighted by Gasteiger charge is 1.95. The third-order valence-electron chi connectivity index (χ3n) is 1.58. The van der Waals surface area contributed by atoms with Gasteiger partial charge < -0.3 is 5.11 Å². The molecule has 0 radical (unpaired) electrons. The van der Waals surface area contributed by atoms with Crippen molar-refractivity contribution in [2.45, 2.75) is 6.42 Å². The monoisotopic (exact) mass is 159 g/mol. The summed E-state index contributed by atoms with van der Waals surface area (Å²) in [6.07, 6.45) is 2.93. The van der Waals surface area contributed by atoms with Crippen molar-refractivity contribution in [2.24, 2.45) is 0 Å². The molecule has 0 aromatic heterocycles. The van der Waals surface area contributed by atoms with Crippen LogP contribution in [0.2, 0.25) is 0 Å². The Hall–Kier alpha value is -1.75. The maximum atomic E-state index is 8.55. The summed E-state index contributed by atoms with van der Waals surface area (Å²) < 4.78 is 0. The number of rotatable bonds is 2. The summed E-state index contributed by atoms with van der Waals surface area (Å²) in [6, 6.07) is 9.55. The number of hydrogen-bond donors (Lipinski definition) is 1. The van der Waals surface area contributed by atoms with E-state index >= 15 is 0 Å². The molecule has 0 aliphatic carbocycles. The molecule has 0 bridgehead atoms. The molecule has 0 amide bonds. The number of nitriles is 1. The average molecular weight is 159 g/mol. The van der Waals surface area contributed by atoms with Gasteiger partial charge in [0.2, 0.25) is 0 Å². The highest BCUT2D eigenvalue weighted by Crippen LogP contribution is 2.10. The number of hydrogen-bond acceptors (Lipinski definition) is 2. The number of nitrogens with zero attached hydrogens (tertiary/aromatic N) is 1. The first-order valence-electron chi connectivity index (χ1n) is 3.64. The summed E-state index contributed by atoms with van der Waals surface area (Å²) in [4.78, 5) is 0.